The van der Waals surface area contributed by atoms with E-state index in [2.05, 4.69) is 24.0 Å². The van der Waals surface area contributed by atoms with Crippen LogP contribution in [0.4, 0.5) is 0 Å². The molecule has 0 aliphatic rings. The van der Waals surface area contributed by atoms with E-state index in [0.717, 1.165) is 13.0 Å². The van der Waals surface area contributed by atoms with Gasteiger partial charge in [0, 0.05) is 12.1 Å². The van der Waals surface area contributed by atoms with E-state index in [9.17, 15) is 4.79 Å². The summed E-state index contributed by atoms with van der Waals surface area (Å²) in [6, 6.07) is 10.3. The van der Waals surface area contributed by atoms with Gasteiger partial charge in [-0.25, -0.2) is 4.79 Å². The Morgan fingerprint density at radius 2 is 1.94 bits per heavy atom. The van der Waals surface area contributed by atoms with Crippen molar-refractivity contribution in [1.82, 2.24) is 5.32 Å². The van der Waals surface area contributed by atoms with Crippen LogP contribution in [0.25, 0.3) is 0 Å². The van der Waals surface area contributed by atoms with Crippen molar-refractivity contribution in [1.29, 1.82) is 0 Å². The molecular formula is C14H20ClNO2. The number of nitrogens with one attached hydrogen (secondary N) is 1. The molecule has 4 heteroatoms. The third-order valence-corrected chi connectivity index (χ3v) is 2.29. The minimum absolute atomic E-state index is 0. The molecule has 0 aliphatic heterocycles. The normalized spacial score (nSPS) is 9.39. The zero-order valence-electron chi connectivity index (χ0n) is 10.6. The van der Waals surface area contributed by atoms with Gasteiger partial charge in [-0.05, 0) is 25.5 Å². The second-order valence-corrected chi connectivity index (χ2v) is 3.90. The summed E-state index contributed by atoms with van der Waals surface area (Å²) in [6.07, 6.45) is 0.981. The first-order valence-corrected chi connectivity index (χ1v) is 5.77. The van der Waals surface area contributed by atoms with Crippen LogP contribution in [0.3, 0.4) is 0 Å². The van der Waals surface area contributed by atoms with Crippen molar-refractivity contribution in [3.05, 3.63) is 48.0 Å². The lowest BCUT2D eigenvalue weighted by Gasteiger charge is -2.06. The van der Waals surface area contributed by atoms with Crippen LogP contribution < -0.4 is 5.32 Å². The van der Waals surface area contributed by atoms with Gasteiger partial charge < -0.3 is 10.1 Å². The Bertz CT molecular complexity index is 365. The van der Waals surface area contributed by atoms with Crippen molar-refractivity contribution < 1.29 is 9.53 Å². The number of hydrogen-bond acceptors (Lipinski definition) is 3. The number of ether oxygens (including phenoxy) is 1. The molecule has 1 aromatic carbocycles. The van der Waals surface area contributed by atoms with Crippen LogP contribution in [0.15, 0.2) is 42.5 Å². The Labute approximate surface area is 115 Å². The van der Waals surface area contributed by atoms with E-state index in [4.69, 9.17) is 4.74 Å². The molecule has 0 unspecified atom stereocenters. The molecule has 1 rings (SSSR count). The number of benzene rings is 1. The molecule has 0 atom stereocenters. The fraction of sp³-hybridized carbons (Fsp3) is 0.357. The molecule has 0 saturated carbocycles. The molecule has 3 nitrogen and oxygen atoms in total. The van der Waals surface area contributed by atoms with E-state index in [1.54, 1.807) is 6.92 Å². The maximum Gasteiger partial charge on any atom is 0.333 e. The number of carbonyl (C=O) groups is 1. The van der Waals surface area contributed by atoms with Gasteiger partial charge >= 0.3 is 5.97 Å². The fourth-order valence-corrected chi connectivity index (χ4v) is 1.34. The monoisotopic (exact) mass is 269 g/mol. The van der Waals surface area contributed by atoms with E-state index in [-0.39, 0.29) is 18.4 Å². The lowest BCUT2D eigenvalue weighted by Crippen LogP contribution is -2.23. The highest BCUT2D eigenvalue weighted by Gasteiger charge is 2.01. The van der Waals surface area contributed by atoms with Crippen LogP contribution in [0.5, 0.6) is 0 Å². The highest BCUT2D eigenvalue weighted by atomic mass is 35.5. The Morgan fingerprint density at radius 1 is 1.28 bits per heavy atom. The van der Waals surface area contributed by atoms with E-state index in [1.807, 2.05) is 18.2 Å². The van der Waals surface area contributed by atoms with E-state index in [0.29, 0.717) is 18.7 Å². The van der Waals surface area contributed by atoms with Gasteiger partial charge in [-0.2, -0.15) is 0 Å². The molecule has 0 aromatic heterocycles. The molecule has 100 valence electrons. The molecule has 0 radical (unpaired) electrons. The van der Waals surface area contributed by atoms with Crippen molar-refractivity contribution in [2.45, 2.75) is 13.3 Å². The average Bonchev–Trinajstić information content (AvgIpc) is 2.34. The molecule has 0 bridgehead atoms. The standard InChI is InChI=1S/C14H19NO2.ClH/c1-12(2)14(16)17-11-10-15-9-8-13-6-4-3-5-7-13;/h3-7,15H,1,8-11H2,2H3;1H. The third kappa shape index (κ3) is 7.09. The number of esters is 1. The number of halogens is 1. The summed E-state index contributed by atoms with van der Waals surface area (Å²) >= 11 is 0. The van der Waals surface area contributed by atoms with Gasteiger partial charge in [0.15, 0.2) is 0 Å². The Hall–Kier alpha value is -1.32. The zero-order chi connectivity index (χ0) is 12.5. The molecule has 18 heavy (non-hydrogen) atoms. The van der Waals surface area contributed by atoms with Crippen molar-refractivity contribution in [2.24, 2.45) is 0 Å². The molecule has 0 fully saturated rings. The van der Waals surface area contributed by atoms with Crippen molar-refractivity contribution in [2.75, 3.05) is 19.7 Å². The smallest absolute Gasteiger partial charge is 0.333 e. The molecule has 1 aromatic rings. The summed E-state index contributed by atoms with van der Waals surface area (Å²) < 4.78 is 4.95. The van der Waals surface area contributed by atoms with E-state index in [1.165, 1.54) is 5.56 Å². The van der Waals surface area contributed by atoms with Crippen molar-refractivity contribution >= 4 is 18.4 Å². The SMILES string of the molecule is C=C(C)C(=O)OCCNCCc1ccccc1.Cl. The summed E-state index contributed by atoms with van der Waals surface area (Å²) in [7, 11) is 0. The van der Waals surface area contributed by atoms with Crippen molar-refractivity contribution in [3.8, 4) is 0 Å². The van der Waals surface area contributed by atoms with Gasteiger partial charge in [0.25, 0.3) is 0 Å². The van der Waals surface area contributed by atoms with Gasteiger partial charge in [0.2, 0.25) is 0 Å². The average molecular weight is 270 g/mol. The summed E-state index contributed by atoms with van der Waals surface area (Å²) in [5.74, 6) is -0.324. The fourth-order valence-electron chi connectivity index (χ4n) is 1.34. The predicted molar refractivity (Wildman–Crippen MR) is 76.0 cm³/mol. The predicted octanol–water partition coefficient (Wildman–Crippen LogP) is 2.36. The number of carbonyl (C=O) groups excluding carboxylic acids is 1. The second-order valence-electron chi connectivity index (χ2n) is 3.90. The van der Waals surface area contributed by atoms with Crippen molar-refractivity contribution in [3.63, 3.8) is 0 Å². The molecule has 0 saturated heterocycles. The third-order valence-electron chi connectivity index (χ3n) is 2.29. The molecule has 1 N–H and O–H groups in total. The first-order valence-electron chi connectivity index (χ1n) is 5.77. The largest absolute Gasteiger partial charge is 0.461 e. The minimum atomic E-state index is -0.324. The van der Waals surface area contributed by atoms with Gasteiger partial charge in [0.1, 0.15) is 6.61 Å². The molecular weight excluding hydrogens is 250 g/mol. The van der Waals surface area contributed by atoms with Gasteiger partial charge in [0.05, 0.1) is 0 Å². The lowest BCUT2D eigenvalue weighted by atomic mass is 10.1. The maximum atomic E-state index is 11.0. The van der Waals surface area contributed by atoms with E-state index < -0.39 is 0 Å². The number of hydrogen-bond donors (Lipinski definition) is 1. The van der Waals surface area contributed by atoms with Gasteiger partial charge in [-0.1, -0.05) is 36.9 Å². The summed E-state index contributed by atoms with van der Waals surface area (Å²) in [5, 5.41) is 3.22. The first-order chi connectivity index (χ1) is 8.20. The Kier molecular flexibility index (Phi) is 8.97. The van der Waals surface area contributed by atoms with Crippen LogP contribution in [-0.4, -0.2) is 25.7 Å². The highest BCUT2D eigenvalue weighted by molar-refractivity contribution is 5.86. The van der Waals surface area contributed by atoms with Gasteiger partial charge in [-0.3, -0.25) is 0 Å². The molecule has 0 amide bonds. The van der Waals surface area contributed by atoms with Crippen LogP contribution in [-0.2, 0) is 16.0 Å². The topological polar surface area (TPSA) is 38.3 Å². The maximum absolute atomic E-state index is 11.0. The lowest BCUT2D eigenvalue weighted by molar-refractivity contribution is -0.138. The Morgan fingerprint density at radius 3 is 2.56 bits per heavy atom. The van der Waals surface area contributed by atoms with Gasteiger partial charge in [-0.15, -0.1) is 12.4 Å². The van der Waals surface area contributed by atoms with Crippen LogP contribution in [0, 0.1) is 0 Å². The highest BCUT2D eigenvalue weighted by Crippen LogP contribution is 1.97. The Balaban J connectivity index is 0.00000289. The van der Waals surface area contributed by atoms with Crippen LogP contribution in [0.2, 0.25) is 0 Å². The minimum Gasteiger partial charge on any atom is -0.461 e. The van der Waals surface area contributed by atoms with E-state index >= 15 is 0 Å². The molecule has 0 spiro atoms. The summed E-state index contributed by atoms with van der Waals surface area (Å²) in [5.41, 5.74) is 1.74. The molecule has 0 aliphatic carbocycles. The zero-order valence-corrected chi connectivity index (χ0v) is 11.5. The van der Waals surface area contributed by atoms with Crippen LogP contribution in [0.1, 0.15) is 12.5 Å². The molecule has 0 heterocycles. The van der Waals surface area contributed by atoms with Crippen LogP contribution >= 0.6 is 12.4 Å². The second kappa shape index (κ2) is 9.68. The first kappa shape index (κ1) is 16.7. The summed E-state index contributed by atoms with van der Waals surface area (Å²) in [4.78, 5) is 11.0. The summed E-state index contributed by atoms with van der Waals surface area (Å²) in [6.45, 7) is 7.10. The number of rotatable bonds is 7. The quantitative estimate of drug-likeness (QED) is 0.469.